The highest BCUT2D eigenvalue weighted by molar-refractivity contribution is 5.69. The molecule has 0 saturated heterocycles. The standard InChI is InChI=1S/C22H32N2O4/c1-13-15(11-10-14(12-23)16(13)26-9)27-18-21(5,6)17(22(18,7)8)24-19(25)28-20(2,3)4/h10-11,17-18H,1-9H3,(H,24,25). The second kappa shape index (κ2) is 7.20. The summed E-state index contributed by atoms with van der Waals surface area (Å²) in [6, 6.07) is 5.53. The fourth-order valence-corrected chi connectivity index (χ4v) is 4.50. The van der Waals surface area contributed by atoms with Gasteiger partial charge < -0.3 is 19.5 Å². The molecule has 1 N–H and O–H groups in total. The van der Waals surface area contributed by atoms with E-state index in [0.717, 1.165) is 5.56 Å². The van der Waals surface area contributed by atoms with E-state index in [4.69, 9.17) is 14.2 Å². The molecule has 0 spiro atoms. The molecule has 154 valence electrons. The predicted molar refractivity (Wildman–Crippen MR) is 108 cm³/mol. The quantitative estimate of drug-likeness (QED) is 0.816. The first-order valence-corrected chi connectivity index (χ1v) is 9.49. The van der Waals surface area contributed by atoms with E-state index in [1.807, 2.05) is 27.7 Å². The van der Waals surface area contributed by atoms with Gasteiger partial charge in [-0.25, -0.2) is 4.79 Å². The minimum Gasteiger partial charge on any atom is -0.495 e. The Kier molecular flexibility index (Phi) is 5.62. The maximum absolute atomic E-state index is 12.3. The average molecular weight is 389 g/mol. The van der Waals surface area contributed by atoms with Crippen molar-refractivity contribution in [2.75, 3.05) is 7.11 Å². The Morgan fingerprint density at radius 2 is 1.75 bits per heavy atom. The van der Waals surface area contributed by atoms with Crippen LogP contribution in [0.1, 0.15) is 59.6 Å². The molecular weight excluding hydrogens is 356 g/mol. The lowest BCUT2D eigenvalue weighted by atomic mass is 9.49. The summed E-state index contributed by atoms with van der Waals surface area (Å²) in [5.74, 6) is 1.20. The molecule has 2 rings (SSSR count). The molecule has 0 heterocycles. The van der Waals surface area contributed by atoms with E-state index in [1.54, 1.807) is 19.2 Å². The minimum absolute atomic E-state index is 0.111. The van der Waals surface area contributed by atoms with Crippen LogP contribution < -0.4 is 14.8 Å². The third-order valence-corrected chi connectivity index (χ3v) is 5.43. The van der Waals surface area contributed by atoms with E-state index >= 15 is 0 Å². The number of alkyl carbamates (subject to hydrolysis) is 1. The van der Waals surface area contributed by atoms with Crippen molar-refractivity contribution in [1.82, 2.24) is 5.32 Å². The summed E-state index contributed by atoms with van der Waals surface area (Å²) in [4.78, 5) is 12.3. The molecule has 1 aromatic carbocycles. The second-order valence-electron chi connectivity index (χ2n) is 9.60. The Bertz CT molecular complexity index is 784. The zero-order chi connectivity index (χ0) is 21.5. The molecule has 0 atom stereocenters. The van der Waals surface area contributed by atoms with E-state index in [0.29, 0.717) is 17.1 Å². The van der Waals surface area contributed by atoms with Gasteiger partial charge in [0.1, 0.15) is 29.3 Å². The van der Waals surface area contributed by atoms with E-state index in [9.17, 15) is 10.1 Å². The number of nitrogens with one attached hydrogen (secondary N) is 1. The highest BCUT2D eigenvalue weighted by atomic mass is 16.6. The number of hydrogen-bond acceptors (Lipinski definition) is 5. The molecule has 1 amide bonds. The summed E-state index contributed by atoms with van der Waals surface area (Å²) in [6.45, 7) is 15.7. The van der Waals surface area contributed by atoms with Crippen molar-refractivity contribution < 1.29 is 19.0 Å². The SMILES string of the molecule is COc1c(C#N)ccc(OC2C(C)(C)C(NC(=O)OC(C)(C)C)C2(C)C)c1C. The van der Waals surface area contributed by atoms with Gasteiger partial charge in [-0.05, 0) is 39.8 Å². The lowest BCUT2D eigenvalue weighted by Gasteiger charge is -2.62. The molecule has 6 nitrogen and oxygen atoms in total. The van der Waals surface area contributed by atoms with Gasteiger partial charge >= 0.3 is 6.09 Å². The van der Waals surface area contributed by atoms with Crippen LogP contribution >= 0.6 is 0 Å². The first-order valence-electron chi connectivity index (χ1n) is 9.49. The van der Waals surface area contributed by atoms with Crippen LogP contribution in [0.15, 0.2) is 12.1 Å². The third kappa shape index (κ3) is 3.89. The van der Waals surface area contributed by atoms with E-state index < -0.39 is 11.7 Å². The van der Waals surface area contributed by atoms with Crippen LogP contribution in [0, 0.1) is 29.1 Å². The van der Waals surface area contributed by atoms with Gasteiger partial charge in [0.25, 0.3) is 0 Å². The number of benzene rings is 1. The number of hydrogen-bond donors (Lipinski definition) is 1. The topological polar surface area (TPSA) is 80.6 Å². The first kappa shape index (κ1) is 21.9. The summed E-state index contributed by atoms with van der Waals surface area (Å²) in [6.07, 6.45) is -0.565. The van der Waals surface area contributed by atoms with Crippen LogP contribution in [0.5, 0.6) is 11.5 Å². The summed E-state index contributed by atoms with van der Waals surface area (Å²) in [5.41, 5.74) is 0.0940. The molecule has 0 bridgehead atoms. The van der Waals surface area contributed by atoms with Crippen LogP contribution in [0.3, 0.4) is 0 Å². The third-order valence-electron chi connectivity index (χ3n) is 5.43. The molecule has 1 saturated carbocycles. The summed E-state index contributed by atoms with van der Waals surface area (Å²) >= 11 is 0. The Morgan fingerprint density at radius 3 is 2.21 bits per heavy atom. The lowest BCUT2D eigenvalue weighted by molar-refractivity contribution is -0.166. The van der Waals surface area contributed by atoms with Crippen LogP contribution in [-0.4, -0.2) is 30.9 Å². The molecule has 1 fully saturated rings. The van der Waals surface area contributed by atoms with Gasteiger partial charge in [0, 0.05) is 22.4 Å². The number of rotatable bonds is 4. The fraction of sp³-hybridized carbons (Fsp3) is 0.636. The molecule has 0 aromatic heterocycles. The molecular formula is C22H32N2O4. The van der Waals surface area contributed by atoms with Gasteiger partial charge in [-0.2, -0.15) is 5.26 Å². The summed E-state index contributed by atoms with van der Waals surface area (Å²) in [7, 11) is 1.55. The number of carbonyl (C=O) groups is 1. The highest BCUT2D eigenvalue weighted by Gasteiger charge is 2.64. The Morgan fingerprint density at radius 1 is 1.18 bits per heavy atom. The van der Waals surface area contributed by atoms with Crippen molar-refractivity contribution in [2.24, 2.45) is 10.8 Å². The van der Waals surface area contributed by atoms with Gasteiger partial charge in [0.05, 0.1) is 12.7 Å². The normalized spacial score (nSPS) is 22.4. The number of amides is 1. The monoisotopic (exact) mass is 388 g/mol. The van der Waals surface area contributed by atoms with Crippen LogP contribution in [0.2, 0.25) is 0 Å². The van der Waals surface area contributed by atoms with E-state index in [-0.39, 0.29) is 23.0 Å². The Hall–Kier alpha value is -2.42. The lowest BCUT2D eigenvalue weighted by Crippen LogP contribution is -2.74. The smallest absolute Gasteiger partial charge is 0.407 e. The zero-order valence-corrected chi connectivity index (χ0v) is 18.4. The van der Waals surface area contributed by atoms with Crippen LogP contribution in [0.4, 0.5) is 4.79 Å². The van der Waals surface area contributed by atoms with Crippen molar-refractivity contribution in [1.29, 1.82) is 5.26 Å². The largest absolute Gasteiger partial charge is 0.495 e. The molecule has 0 radical (unpaired) electrons. The van der Waals surface area contributed by atoms with Crippen molar-refractivity contribution in [3.05, 3.63) is 23.3 Å². The van der Waals surface area contributed by atoms with E-state index in [1.165, 1.54) is 0 Å². The highest BCUT2D eigenvalue weighted by Crippen LogP contribution is 2.56. The number of carbonyl (C=O) groups excluding carboxylic acids is 1. The molecule has 0 aliphatic heterocycles. The van der Waals surface area contributed by atoms with Gasteiger partial charge in [-0.3, -0.25) is 0 Å². The molecule has 6 heteroatoms. The van der Waals surface area contributed by atoms with Crippen molar-refractivity contribution in [2.45, 2.75) is 73.1 Å². The fourth-order valence-electron chi connectivity index (χ4n) is 4.50. The number of nitrogens with zero attached hydrogens (tertiary/aromatic N) is 1. The molecule has 28 heavy (non-hydrogen) atoms. The average Bonchev–Trinajstić information content (AvgIpc) is 2.56. The van der Waals surface area contributed by atoms with Crippen molar-refractivity contribution in [3.8, 4) is 17.6 Å². The van der Waals surface area contributed by atoms with Gasteiger partial charge in [0.15, 0.2) is 0 Å². The van der Waals surface area contributed by atoms with Crippen molar-refractivity contribution in [3.63, 3.8) is 0 Å². The Labute approximate surface area is 168 Å². The van der Waals surface area contributed by atoms with Gasteiger partial charge in [-0.1, -0.05) is 27.7 Å². The molecule has 1 aliphatic rings. The van der Waals surface area contributed by atoms with Crippen LogP contribution in [-0.2, 0) is 4.74 Å². The van der Waals surface area contributed by atoms with Gasteiger partial charge in [0.2, 0.25) is 0 Å². The molecule has 1 aliphatic carbocycles. The summed E-state index contributed by atoms with van der Waals surface area (Å²) < 4.78 is 17.2. The second-order valence-corrected chi connectivity index (χ2v) is 9.60. The number of ether oxygens (including phenoxy) is 3. The molecule has 1 aromatic rings. The van der Waals surface area contributed by atoms with Crippen LogP contribution in [0.25, 0.3) is 0 Å². The maximum atomic E-state index is 12.3. The summed E-state index contributed by atoms with van der Waals surface area (Å²) in [5, 5.41) is 12.3. The number of nitriles is 1. The molecule has 0 unspecified atom stereocenters. The van der Waals surface area contributed by atoms with Gasteiger partial charge in [-0.15, -0.1) is 0 Å². The van der Waals surface area contributed by atoms with Crippen molar-refractivity contribution >= 4 is 6.09 Å². The Balaban J connectivity index is 2.23. The predicted octanol–water partition coefficient (Wildman–Crippen LogP) is 4.58. The zero-order valence-electron chi connectivity index (χ0n) is 18.4. The van der Waals surface area contributed by atoms with E-state index in [2.05, 4.69) is 39.1 Å². The maximum Gasteiger partial charge on any atom is 0.407 e. The first-order chi connectivity index (χ1) is 12.8. The minimum atomic E-state index is -0.547. The number of methoxy groups -OCH3 is 1.